The van der Waals surface area contributed by atoms with Crippen molar-refractivity contribution in [1.29, 1.82) is 0 Å². The van der Waals surface area contributed by atoms with E-state index in [9.17, 15) is 9.90 Å². The standard InChI is InChI=1S/C18H27NO4/c1-22-11-5-4-10-18(21)19(14-16-8-6-12-23-16)13-15-7-2-3-9-17(15)20/h2-3,7,9,16,20H,4-6,8,10-14H2,1H3. The van der Waals surface area contributed by atoms with Gasteiger partial charge in [-0.3, -0.25) is 4.79 Å². The number of rotatable bonds is 9. The summed E-state index contributed by atoms with van der Waals surface area (Å²) in [5.74, 6) is 0.344. The molecule has 1 heterocycles. The molecule has 1 amide bonds. The lowest BCUT2D eigenvalue weighted by molar-refractivity contribution is -0.133. The van der Waals surface area contributed by atoms with Crippen LogP contribution in [0.2, 0.25) is 0 Å². The molecule has 0 aliphatic carbocycles. The Labute approximate surface area is 138 Å². The second-order valence-electron chi connectivity index (χ2n) is 5.99. The van der Waals surface area contributed by atoms with Gasteiger partial charge in [-0.25, -0.2) is 0 Å². The third-order valence-electron chi connectivity index (χ3n) is 4.14. The van der Waals surface area contributed by atoms with E-state index >= 15 is 0 Å². The van der Waals surface area contributed by atoms with Crippen LogP contribution in [0, 0.1) is 0 Å². The van der Waals surface area contributed by atoms with Gasteiger partial charge in [-0.1, -0.05) is 18.2 Å². The van der Waals surface area contributed by atoms with E-state index in [1.54, 1.807) is 19.2 Å². The number of carbonyl (C=O) groups is 1. The number of ether oxygens (including phenoxy) is 2. The first kappa shape index (κ1) is 17.8. The monoisotopic (exact) mass is 321 g/mol. The number of nitrogens with zero attached hydrogens (tertiary/aromatic N) is 1. The Morgan fingerprint density at radius 3 is 2.91 bits per heavy atom. The highest BCUT2D eigenvalue weighted by atomic mass is 16.5. The molecule has 2 rings (SSSR count). The van der Waals surface area contributed by atoms with Crippen molar-refractivity contribution in [2.75, 3.05) is 26.9 Å². The molecule has 1 saturated heterocycles. The van der Waals surface area contributed by atoms with Crippen LogP contribution < -0.4 is 0 Å². The maximum atomic E-state index is 12.6. The van der Waals surface area contributed by atoms with Gasteiger partial charge in [-0.2, -0.15) is 0 Å². The number of phenols is 1. The summed E-state index contributed by atoms with van der Waals surface area (Å²) >= 11 is 0. The van der Waals surface area contributed by atoms with Crippen molar-refractivity contribution in [2.24, 2.45) is 0 Å². The number of benzene rings is 1. The number of hydrogen-bond donors (Lipinski definition) is 1. The zero-order valence-electron chi connectivity index (χ0n) is 13.9. The van der Waals surface area contributed by atoms with Crippen molar-refractivity contribution >= 4 is 5.91 Å². The first-order valence-corrected chi connectivity index (χ1v) is 8.36. The number of unbranched alkanes of at least 4 members (excludes halogenated alkanes) is 1. The van der Waals surface area contributed by atoms with Crippen LogP contribution in [-0.2, 0) is 20.8 Å². The zero-order valence-corrected chi connectivity index (χ0v) is 13.9. The molecule has 5 heteroatoms. The van der Waals surface area contributed by atoms with Gasteiger partial charge in [0.05, 0.1) is 6.10 Å². The van der Waals surface area contributed by atoms with Gasteiger partial charge in [0, 0.05) is 45.4 Å². The lowest BCUT2D eigenvalue weighted by Crippen LogP contribution is -2.36. The summed E-state index contributed by atoms with van der Waals surface area (Å²) in [6.07, 6.45) is 4.36. The minimum absolute atomic E-state index is 0.111. The smallest absolute Gasteiger partial charge is 0.222 e. The molecule has 128 valence electrons. The Morgan fingerprint density at radius 2 is 2.22 bits per heavy atom. The molecule has 0 radical (unpaired) electrons. The molecule has 0 bridgehead atoms. The first-order valence-electron chi connectivity index (χ1n) is 8.36. The number of amides is 1. The van der Waals surface area contributed by atoms with Crippen molar-refractivity contribution in [3.63, 3.8) is 0 Å². The fourth-order valence-corrected chi connectivity index (χ4v) is 2.82. The Hall–Kier alpha value is -1.59. The van der Waals surface area contributed by atoms with E-state index in [1.165, 1.54) is 0 Å². The maximum Gasteiger partial charge on any atom is 0.222 e. The predicted octanol–water partition coefficient (Wildman–Crippen LogP) is 2.72. The van der Waals surface area contributed by atoms with E-state index < -0.39 is 0 Å². The molecule has 1 N–H and O–H groups in total. The van der Waals surface area contributed by atoms with Crippen LogP contribution in [0.1, 0.15) is 37.7 Å². The van der Waals surface area contributed by atoms with Crippen LogP contribution in [0.25, 0.3) is 0 Å². The Bertz CT molecular complexity index is 486. The molecular formula is C18H27NO4. The van der Waals surface area contributed by atoms with Gasteiger partial charge in [0.1, 0.15) is 5.75 Å². The molecule has 0 saturated carbocycles. The van der Waals surface area contributed by atoms with Crippen molar-refractivity contribution < 1.29 is 19.4 Å². The third kappa shape index (κ3) is 5.84. The lowest BCUT2D eigenvalue weighted by atomic mass is 10.1. The van der Waals surface area contributed by atoms with Crippen LogP contribution in [-0.4, -0.2) is 48.9 Å². The zero-order chi connectivity index (χ0) is 16.5. The number of methoxy groups -OCH3 is 1. The third-order valence-corrected chi connectivity index (χ3v) is 4.14. The average molecular weight is 321 g/mol. The summed E-state index contributed by atoms with van der Waals surface area (Å²) < 4.78 is 10.7. The van der Waals surface area contributed by atoms with E-state index in [-0.39, 0.29) is 17.8 Å². The summed E-state index contributed by atoms with van der Waals surface area (Å²) in [6, 6.07) is 7.18. The van der Waals surface area contributed by atoms with Gasteiger partial charge in [-0.15, -0.1) is 0 Å². The normalized spacial score (nSPS) is 17.3. The molecule has 1 aromatic carbocycles. The fraction of sp³-hybridized carbons (Fsp3) is 0.611. The number of aromatic hydroxyl groups is 1. The average Bonchev–Trinajstić information content (AvgIpc) is 3.06. The fourth-order valence-electron chi connectivity index (χ4n) is 2.82. The van der Waals surface area contributed by atoms with Gasteiger partial charge in [0.15, 0.2) is 0 Å². The highest BCUT2D eigenvalue weighted by molar-refractivity contribution is 5.76. The Morgan fingerprint density at radius 1 is 1.39 bits per heavy atom. The van der Waals surface area contributed by atoms with Crippen LogP contribution in [0.3, 0.4) is 0 Å². The van der Waals surface area contributed by atoms with Gasteiger partial charge >= 0.3 is 0 Å². The molecule has 0 aromatic heterocycles. The second kappa shape index (κ2) is 9.53. The molecule has 0 spiro atoms. The molecule has 1 aliphatic heterocycles. The molecule has 1 fully saturated rings. The van der Waals surface area contributed by atoms with Crippen molar-refractivity contribution in [3.05, 3.63) is 29.8 Å². The summed E-state index contributed by atoms with van der Waals surface area (Å²) in [5, 5.41) is 9.96. The van der Waals surface area contributed by atoms with E-state index in [0.717, 1.165) is 37.9 Å². The molecular weight excluding hydrogens is 294 g/mol. The van der Waals surface area contributed by atoms with Gasteiger partial charge < -0.3 is 19.5 Å². The predicted molar refractivity (Wildman–Crippen MR) is 88.2 cm³/mol. The first-order chi connectivity index (χ1) is 11.2. The molecule has 5 nitrogen and oxygen atoms in total. The maximum absolute atomic E-state index is 12.6. The van der Waals surface area contributed by atoms with Crippen molar-refractivity contribution in [3.8, 4) is 5.75 Å². The Kier molecular flexibility index (Phi) is 7.36. The van der Waals surface area contributed by atoms with Gasteiger partial charge in [-0.05, 0) is 31.7 Å². The van der Waals surface area contributed by atoms with Crippen LogP contribution in [0.4, 0.5) is 0 Å². The molecule has 23 heavy (non-hydrogen) atoms. The van der Waals surface area contributed by atoms with Crippen molar-refractivity contribution in [1.82, 2.24) is 4.90 Å². The quantitative estimate of drug-likeness (QED) is 0.711. The van der Waals surface area contributed by atoms with E-state index in [2.05, 4.69) is 0 Å². The van der Waals surface area contributed by atoms with Crippen LogP contribution >= 0.6 is 0 Å². The molecule has 1 atom stereocenters. The van der Waals surface area contributed by atoms with Crippen molar-refractivity contribution in [2.45, 2.75) is 44.8 Å². The minimum atomic E-state index is 0.111. The van der Waals surface area contributed by atoms with E-state index in [4.69, 9.17) is 9.47 Å². The Balaban J connectivity index is 1.95. The van der Waals surface area contributed by atoms with Gasteiger partial charge in [0.2, 0.25) is 5.91 Å². The number of carbonyl (C=O) groups excluding carboxylic acids is 1. The molecule has 1 unspecified atom stereocenters. The lowest BCUT2D eigenvalue weighted by Gasteiger charge is -2.26. The molecule has 1 aromatic rings. The molecule has 1 aliphatic rings. The van der Waals surface area contributed by atoms with E-state index in [1.807, 2.05) is 17.0 Å². The van der Waals surface area contributed by atoms with Crippen LogP contribution in [0.15, 0.2) is 24.3 Å². The number of para-hydroxylation sites is 1. The summed E-state index contributed by atoms with van der Waals surface area (Å²) in [5.41, 5.74) is 0.774. The number of hydrogen-bond acceptors (Lipinski definition) is 4. The van der Waals surface area contributed by atoms with E-state index in [0.29, 0.717) is 26.1 Å². The highest BCUT2D eigenvalue weighted by Gasteiger charge is 2.23. The largest absolute Gasteiger partial charge is 0.508 e. The second-order valence-corrected chi connectivity index (χ2v) is 5.99. The van der Waals surface area contributed by atoms with Gasteiger partial charge in [0.25, 0.3) is 0 Å². The van der Waals surface area contributed by atoms with Crippen LogP contribution in [0.5, 0.6) is 5.75 Å². The summed E-state index contributed by atoms with van der Waals surface area (Å²) in [4.78, 5) is 14.4. The minimum Gasteiger partial charge on any atom is -0.508 e. The SMILES string of the molecule is COCCCCC(=O)N(Cc1ccccc1O)CC1CCCO1. The highest BCUT2D eigenvalue weighted by Crippen LogP contribution is 2.21. The summed E-state index contributed by atoms with van der Waals surface area (Å²) in [6.45, 7) is 2.47. The summed E-state index contributed by atoms with van der Waals surface area (Å²) in [7, 11) is 1.67. The topological polar surface area (TPSA) is 59.0 Å². The number of phenolic OH excluding ortho intramolecular Hbond substituents is 1.